The predicted molar refractivity (Wildman–Crippen MR) is 120 cm³/mol. The minimum absolute atomic E-state index is 0.103. The maximum atomic E-state index is 15.9. The third-order valence-electron chi connectivity index (χ3n) is 6.20. The molecule has 1 saturated carbocycles. The SMILES string of the molecule is COc1ccc([C@@]2(C(=O)Nc3ccccc3)C[C@H](c3cccc(OC)c3)C[C@@H]2F)cc1. The molecule has 1 fully saturated rings. The van der Waals surface area contributed by atoms with E-state index in [1.165, 1.54) is 0 Å². The van der Waals surface area contributed by atoms with Crippen molar-refractivity contribution in [3.63, 3.8) is 0 Å². The van der Waals surface area contributed by atoms with E-state index in [-0.39, 0.29) is 18.2 Å². The van der Waals surface area contributed by atoms with Crippen molar-refractivity contribution in [3.8, 4) is 11.5 Å². The molecule has 3 aromatic carbocycles. The standard InChI is InChI=1S/C26H26FNO3/c1-30-22-13-11-20(12-14-22)26(25(29)28-21-8-4-3-5-9-21)17-19(16-24(26)27)18-7-6-10-23(15-18)31-2/h3-15,19,24H,16-17H2,1-2H3,(H,28,29)/t19-,24+,26+/m1/s1. The van der Waals surface area contributed by atoms with Crippen LogP contribution in [0.4, 0.5) is 10.1 Å². The molecule has 1 N–H and O–H groups in total. The lowest BCUT2D eigenvalue weighted by atomic mass is 9.75. The summed E-state index contributed by atoms with van der Waals surface area (Å²) < 4.78 is 26.5. The van der Waals surface area contributed by atoms with Crippen molar-refractivity contribution in [1.29, 1.82) is 0 Å². The second-order valence-corrected chi connectivity index (χ2v) is 7.90. The molecule has 5 heteroatoms. The van der Waals surface area contributed by atoms with E-state index in [0.29, 0.717) is 23.4 Å². The summed E-state index contributed by atoms with van der Waals surface area (Å²) in [7, 11) is 3.19. The van der Waals surface area contributed by atoms with Crippen LogP contribution in [0.5, 0.6) is 11.5 Å². The minimum atomic E-state index is -1.33. The number of methoxy groups -OCH3 is 2. The predicted octanol–water partition coefficient (Wildman–Crippen LogP) is 5.50. The smallest absolute Gasteiger partial charge is 0.238 e. The first-order chi connectivity index (χ1) is 15.1. The van der Waals surface area contributed by atoms with Gasteiger partial charge in [0, 0.05) is 5.69 Å². The molecule has 0 aromatic heterocycles. The Morgan fingerprint density at radius 3 is 2.32 bits per heavy atom. The summed E-state index contributed by atoms with van der Waals surface area (Å²) in [6.45, 7) is 0. The zero-order chi connectivity index (χ0) is 21.8. The molecule has 0 spiro atoms. The Hall–Kier alpha value is -3.34. The van der Waals surface area contributed by atoms with E-state index in [1.54, 1.807) is 50.6 Å². The Labute approximate surface area is 182 Å². The van der Waals surface area contributed by atoms with Crippen LogP contribution in [0.15, 0.2) is 78.9 Å². The van der Waals surface area contributed by atoms with Gasteiger partial charge in [0.2, 0.25) is 5.91 Å². The molecule has 0 bridgehead atoms. The van der Waals surface area contributed by atoms with Gasteiger partial charge in [-0.15, -0.1) is 0 Å². The van der Waals surface area contributed by atoms with Crippen molar-refractivity contribution in [3.05, 3.63) is 90.0 Å². The van der Waals surface area contributed by atoms with Gasteiger partial charge < -0.3 is 14.8 Å². The van der Waals surface area contributed by atoms with Crippen LogP contribution in [0.25, 0.3) is 0 Å². The number of benzene rings is 3. The van der Waals surface area contributed by atoms with Crippen LogP contribution < -0.4 is 14.8 Å². The molecular formula is C26H26FNO3. The van der Waals surface area contributed by atoms with Gasteiger partial charge >= 0.3 is 0 Å². The van der Waals surface area contributed by atoms with Crippen LogP contribution in [-0.4, -0.2) is 26.3 Å². The lowest BCUT2D eigenvalue weighted by molar-refractivity contribution is -0.123. The fourth-order valence-corrected chi connectivity index (χ4v) is 4.52. The molecule has 0 heterocycles. The molecule has 31 heavy (non-hydrogen) atoms. The normalized spacial score (nSPS) is 22.7. The van der Waals surface area contributed by atoms with Gasteiger partial charge in [0.1, 0.15) is 23.1 Å². The van der Waals surface area contributed by atoms with Crippen LogP contribution in [0.3, 0.4) is 0 Å². The van der Waals surface area contributed by atoms with E-state index in [1.807, 2.05) is 42.5 Å². The van der Waals surface area contributed by atoms with Crippen molar-refractivity contribution in [2.75, 3.05) is 19.5 Å². The average molecular weight is 419 g/mol. The van der Waals surface area contributed by atoms with E-state index >= 15 is 4.39 Å². The molecular weight excluding hydrogens is 393 g/mol. The number of hydrogen-bond acceptors (Lipinski definition) is 3. The number of carbonyl (C=O) groups excluding carboxylic acids is 1. The van der Waals surface area contributed by atoms with Crippen molar-refractivity contribution < 1.29 is 18.7 Å². The lowest BCUT2D eigenvalue weighted by Gasteiger charge is -2.31. The van der Waals surface area contributed by atoms with Crippen molar-refractivity contribution >= 4 is 11.6 Å². The van der Waals surface area contributed by atoms with E-state index in [0.717, 1.165) is 11.3 Å². The molecule has 0 saturated heterocycles. The third-order valence-corrected chi connectivity index (χ3v) is 6.20. The van der Waals surface area contributed by atoms with Gasteiger partial charge in [0.05, 0.1) is 14.2 Å². The van der Waals surface area contributed by atoms with E-state index in [9.17, 15) is 4.79 Å². The molecule has 1 aliphatic rings. The van der Waals surface area contributed by atoms with Crippen LogP contribution in [0.2, 0.25) is 0 Å². The highest BCUT2D eigenvalue weighted by atomic mass is 19.1. The van der Waals surface area contributed by atoms with Gasteiger partial charge in [-0.1, -0.05) is 42.5 Å². The summed E-state index contributed by atoms with van der Waals surface area (Å²) in [4.78, 5) is 13.6. The quantitative estimate of drug-likeness (QED) is 0.574. The van der Waals surface area contributed by atoms with Gasteiger partial charge in [-0.3, -0.25) is 4.79 Å². The lowest BCUT2D eigenvalue weighted by Crippen LogP contribution is -2.44. The molecule has 0 aliphatic heterocycles. The Morgan fingerprint density at radius 1 is 0.935 bits per heavy atom. The van der Waals surface area contributed by atoms with Gasteiger partial charge in [-0.2, -0.15) is 0 Å². The van der Waals surface area contributed by atoms with Crippen molar-refractivity contribution in [2.24, 2.45) is 0 Å². The first-order valence-electron chi connectivity index (χ1n) is 10.4. The summed E-state index contributed by atoms with van der Waals surface area (Å²) in [6.07, 6.45) is -0.700. The summed E-state index contributed by atoms with van der Waals surface area (Å²) >= 11 is 0. The Morgan fingerprint density at radius 2 is 1.65 bits per heavy atom. The highest BCUT2D eigenvalue weighted by molar-refractivity contribution is 6.00. The number of anilines is 1. The molecule has 0 radical (unpaired) electrons. The number of hydrogen-bond donors (Lipinski definition) is 1. The largest absolute Gasteiger partial charge is 0.497 e. The zero-order valence-corrected chi connectivity index (χ0v) is 17.7. The maximum Gasteiger partial charge on any atom is 0.238 e. The van der Waals surface area contributed by atoms with E-state index in [4.69, 9.17) is 9.47 Å². The second kappa shape index (κ2) is 8.80. The molecule has 0 unspecified atom stereocenters. The fraction of sp³-hybridized carbons (Fsp3) is 0.269. The number of amides is 1. The number of carbonyl (C=O) groups is 1. The molecule has 3 aromatic rings. The topological polar surface area (TPSA) is 47.6 Å². The fourth-order valence-electron chi connectivity index (χ4n) is 4.52. The highest BCUT2D eigenvalue weighted by Gasteiger charge is 2.54. The molecule has 4 nitrogen and oxygen atoms in total. The van der Waals surface area contributed by atoms with Crippen LogP contribution >= 0.6 is 0 Å². The molecule has 1 amide bonds. The second-order valence-electron chi connectivity index (χ2n) is 7.90. The monoisotopic (exact) mass is 419 g/mol. The zero-order valence-electron chi connectivity index (χ0n) is 17.7. The van der Waals surface area contributed by atoms with Crippen LogP contribution in [-0.2, 0) is 10.2 Å². The highest BCUT2D eigenvalue weighted by Crippen LogP contribution is 2.51. The summed E-state index contributed by atoms with van der Waals surface area (Å²) in [6, 6.07) is 24.0. The number of ether oxygens (including phenoxy) is 2. The third kappa shape index (κ3) is 4.00. The summed E-state index contributed by atoms with van der Waals surface area (Å²) in [5.74, 6) is 0.958. The van der Waals surface area contributed by atoms with Gasteiger partial charge in [0.15, 0.2) is 0 Å². The van der Waals surface area contributed by atoms with Crippen LogP contribution in [0.1, 0.15) is 29.9 Å². The van der Waals surface area contributed by atoms with Gasteiger partial charge in [0.25, 0.3) is 0 Å². The number of rotatable bonds is 6. The molecule has 160 valence electrons. The molecule has 4 rings (SSSR count). The van der Waals surface area contributed by atoms with E-state index in [2.05, 4.69) is 5.32 Å². The number of nitrogens with one attached hydrogen (secondary N) is 1. The Balaban J connectivity index is 1.73. The summed E-state index contributed by atoms with van der Waals surface area (Å²) in [5, 5.41) is 2.94. The Kier molecular flexibility index (Phi) is 5.94. The average Bonchev–Trinajstić information content (AvgIpc) is 3.18. The molecule has 3 atom stereocenters. The number of alkyl halides is 1. The van der Waals surface area contributed by atoms with E-state index < -0.39 is 11.6 Å². The maximum absolute atomic E-state index is 15.9. The van der Waals surface area contributed by atoms with Gasteiger partial charge in [-0.05, 0) is 66.3 Å². The summed E-state index contributed by atoms with van der Waals surface area (Å²) in [5.41, 5.74) is 0.984. The van der Waals surface area contributed by atoms with Crippen LogP contribution in [0, 0.1) is 0 Å². The van der Waals surface area contributed by atoms with Crippen molar-refractivity contribution in [2.45, 2.75) is 30.3 Å². The van der Waals surface area contributed by atoms with Gasteiger partial charge in [-0.25, -0.2) is 4.39 Å². The number of halogens is 1. The first-order valence-corrected chi connectivity index (χ1v) is 10.4. The minimum Gasteiger partial charge on any atom is -0.497 e. The van der Waals surface area contributed by atoms with Crippen molar-refractivity contribution in [1.82, 2.24) is 0 Å². The first kappa shape index (κ1) is 20.9. The number of para-hydroxylation sites is 1. The Bertz CT molecular complexity index is 1040. The molecule has 1 aliphatic carbocycles.